The van der Waals surface area contributed by atoms with Crippen LogP contribution in [0.25, 0.3) is 0 Å². The van der Waals surface area contributed by atoms with Gasteiger partial charge in [-0.3, -0.25) is 0 Å². The zero-order chi connectivity index (χ0) is 18.6. The van der Waals surface area contributed by atoms with E-state index in [9.17, 15) is 4.79 Å². The average molecular weight is 382 g/mol. The van der Waals surface area contributed by atoms with E-state index in [0.717, 1.165) is 10.8 Å². The molecule has 0 aliphatic carbocycles. The van der Waals surface area contributed by atoms with Crippen LogP contribution in [0, 0.1) is 6.92 Å². The second kappa shape index (κ2) is 7.67. The molecule has 27 heavy (non-hydrogen) atoms. The summed E-state index contributed by atoms with van der Waals surface area (Å²) in [6.07, 6.45) is -0.774. The summed E-state index contributed by atoms with van der Waals surface area (Å²) >= 11 is 1.46. The van der Waals surface area contributed by atoms with Crippen LogP contribution in [0.2, 0.25) is 0 Å². The molecule has 0 bridgehead atoms. The Bertz CT molecular complexity index is 939. The molecule has 1 unspecified atom stereocenters. The molecule has 0 amide bonds. The van der Waals surface area contributed by atoms with Gasteiger partial charge in [0, 0.05) is 11.1 Å². The number of rotatable bonds is 5. The first kappa shape index (κ1) is 17.4. The third kappa shape index (κ3) is 4.20. The lowest BCUT2D eigenvalue weighted by molar-refractivity contribution is -0.156. The van der Waals surface area contributed by atoms with Gasteiger partial charge in [0.05, 0.1) is 5.69 Å². The number of esters is 1. The maximum atomic E-state index is 12.2. The van der Waals surface area contributed by atoms with Gasteiger partial charge in [0.1, 0.15) is 13.2 Å². The number of ether oxygens (including phenoxy) is 3. The maximum Gasteiger partial charge on any atom is 0.351 e. The summed E-state index contributed by atoms with van der Waals surface area (Å²) in [6.45, 7) is 2.26. The van der Waals surface area contributed by atoms with E-state index >= 15 is 0 Å². The van der Waals surface area contributed by atoms with E-state index in [-0.39, 0.29) is 13.2 Å². The summed E-state index contributed by atoms with van der Waals surface area (Å²) in [5.41, 5.74) is 2.84. The van der Waals surface area contributed by atoms with Gasteiger partial charge < -0.3 is 19.5 Å². The molecular weight excluding hydrogens is 364 g/mol. The predicted molar refractivity (Wildman–Crippen MR) is 103 cm³/mol. The van der Waals surface area contributed by atoms with Crippen molar-refractivity contribution in [1.82, 2.24) is 4.98 Å². The first-order valence-electron chi connectivity index (χ1n) is 8.50. The Morgan fingerprint density at radius 1 is 1.22 bits per heavy atom. The van der Waals surface area contributed by atoms with Crippen LogP contribution in [0.1, 0.15) is 11.3 Å². The van der Waals surface area contributed by atoms with Crippen molar-refractivity contribution in [2.45, 2.75) is 19.6 Å². The quantitative estimate of drug-likeness (QED) is 0.671. The molecule has 1 aromatic heterocycles. The molecular formula is C20H18N2O4S. The van der Waals surface area contributed by atoms with E-state index in [1.54, 1.807) is 12.1 Å². The number of nitrogens with zero attached hydrogens (tertiary/aromatic N) is 1. The Hall–Kier alpha value is -3.06. The van der Waals surface area contributed by atoms with Gasteiger partial charge in [0.2, 0.25) is 6.10 Å². The number of carbonyl (C=O) groups excluding carboxylic acids is 1. The number of thiazole rings is 1. The molecule has 0 saturated heterocycles. The monoisotopic (exact) mass is 382 g/mol. The third-order valence-electron chi connectivity index (χ3n) is 3.99. The molecule has 1 aliphatic heterocycles. The minimum Gasteiger partial charge on any atom is -0.485 e. The van der Waals surface area contributed by atoms with Crippen molar-refractivity contribution in [2.75, 3.05) is 11.9 Å². The van der Waals surface area contributed by atoms with Crippen molar-refractivity contribution in [3.63, 3.8) is 0 Å². The normalized spacial score (nSPS) is 15.2. The molecule has 138 valence electrons. The van der Waals surface area contributed by atoms with Gasteiger partial charge in [-0.05, 0) is 31.2 Å². The number of nitrogens with one attached hydrogen (secondary N) is 1. The molecule has 0 spiro atoms. The van der Waals surface area contributed by atoms with Crippen LogP contribution in [0.5, 0.6) is 11.5 Å². The number of hydrogen-bond acceptors (Lipinski definition) is 7. The summed E-state index contributed by atoms with van der Waals surface area (Å²) in [5, 5.41) is 5.84. The standard InChI is InChI=1S/C20H18N2O4S/c1-13-6-8-14(9-7-13)21-20-22-15(12-27-20)10-25-19(23)18-11-24-16-4-2-3-5-17(16)26-18/h2-9,12,18H,10-11H2,1H3,(H,21,22). The molecule has 1 aliphatic rings. The summed E-state index contributed by atoms with van der Waals surface area (Å²) in [6, 6.07) is 15.3. The molecule has 2 heterocycles. The molecule has 2 aromatic carbocycles. The second-order valence-electron chi connectivity index (χ2n) is 6.11. The van der Waals surface area contributed by atoms with E-state index in [1.807, 2.05) is 48.7 Å². The largest absolute Gasteiger partial charge is 0.485 e. The van der Waals surface area contributed by atoms with Crippen LogP contribution in [-0.2, 0) is 16.1 Å². The fraction of sp³-hybridized carbons (Fsp3) is 0.200. The highest BCUT2D eigenvalue weighted by Crippen LogP contribution is 2.31. The van der Waals surface area contributed by atoms with E-state index in [4.69, 9.17) is 14.2 Å². The Morgan fingerprint density at radius 2 is 2.00 bits per heavy atom. The topological polar surface area (TPSA) is 69.7 Å². The summed E-state index contributed by atoms with van der Waals surface area (Å²) < 4.78 is 16.5. The summed E-state index contributed by atoms with van der Waals surface area (Å²) in [4.78, 5) is 16.7. The summed E-state index contributed by atoms with van der Waals surface area (Å²) in [5.74, 6) is 0.711. The Balaban J connectivity index is 1.31. The number of para-hydroxylation sites is 2. The molecule has 6 nitrogen and oxygen atoms in total. The number of aryl methyl sites for hydroxylation is 1. The first-order chi connectivity index (χ1) is 13.2. The fourth-order valence-corrected chi connectivity index (χ4v) is 3.28. The average Bonchev–Trinajstić information content (AvgIpc) is 3.15. The van der Waals surface area contributed by atoms with Crippen LogP contribution >= 0.6 is 11.3 Å². The molecule has 0 saturated carbocycles. The number of benzene rings is 2. The molecule has 7 heteroatoms. The van der Waals surface area contributed by atoms with Crippen molar-refractivity contribution in [2.24, 2.45) is 0 Å². The number of aromatic nitrogens is 1. The third-order valence-corrected chi connectivity index (χ3v) is 4.79. The molecule has 4 rings (SSSR count). The number of hydrogen-bond donors (Lipinski definition) is 1. The zero-order valence-electron chi connectivity index (χ0n) is 14.7. The van der Waals surface area contributed by atoms with E-state index < -0.39 is 12.1 Å². The van der Waals surface area contributed by atoms with Crippen molar-refractivity contribution >= 4 is 28.1 Å². The lowest BCUT2D eigenvalue weighted by atomic mass is 10.2. The van der Waals surface area contributed by atoms with E-state index in [1.165, 1.54) is 16.9 Å². The number of fused-ring (bicyclic) bond motifs is 1. The van der Waals surface area contributed by atoms with Crippen molar-refractivity contribution < 1.29 is 19.0 Å². The Labute approximate surface area is 160 Å². The van der Waals surface area contributed by atoms with Gasteiger partial charge in [0.25, 0.3) is 0 Å². The van der Waals surface area contributed by atoms with E-state index in [0.29, 0.717) is 17.2 Å². The molecule has 1 atom stereocenters. The SMILES string of the molecule is Cc1ccc(Nc2nc(COC(=O)C3COc4ccccc4O3)cs2)cc1. The van der Waals surface area contributed by atoms with Crippen molar-refractivity contribution in [3.05, 3.63) is 65.2 Å². The summed E-state index contributed by atoms with van der Waals surface area (Å²) in [7, 11) is 0. The predicted octanol–water partition coefficient (Wildman–Crippen LogP) is 4.08. The molecule has 3 aromatic rings. The molecule has 0 fully saturated rings. The minimum atomic E-state index is -0.774. The van der Waals surface area contributed by atoms with Crippen LogP contribution < -0.4 is 14.8 Å². The van der Waals surface area contributed by atoms with Gasteiger partial charge in [-0.2, -0.15) is 0 Å². The van der Waals surface area contributed by atoms with Gasteiger partial charge in [-0.15, -0.1) is 11.3 Å². The van der Waals surface area contributed by atoms with Gasteiger partial charge in [0.15, 0.2) is 16.6 Å². The number of carbonyl (C=O) groups is 1. The first-order valence-corrected chi connectivity index (χ1v) is 9.38. The van der Waals surface area contributed by atoms with E-state index in [2.05, 4.69) is 10.3 Å². The van der Waals surface area contributed by atoms with Gasteiger partial charge >= 0.3 is 5.97 Å². The lowest BCUT2D eigenvalue weighted by Crippen LogP contribution is -2.37. The zero-order valence-corrected chi connectivity index (χ0v) is 15.5. The maximum absolute atomic E-state index is 12.2. The van der Waals surface area contributed by atoms with Gasteiger partial charge in [-0.1, -0.05) is 29.8 Å². The highest BCUT2D eigenvalue weighted by Gasteiger charge is 2.28. The van der Waals surface area contributed by atoms with Gasteiger partial charge in [-0.25, -0.2) is 9.78 Å². The van der Waals surface area contributed by atoms with Crippen LogP contribution in [0.15, 0.2) is 53.9 Å². The van der Waals surface area contributed by atoms with Crippen LogP contribution in [0.4, 0.5) is 10.8 Å². The fourth-order valence-electron chi connectivity index (χ4n) is 2.56. The number of anilines is 2. The smallest absolute Gasteiger partial charge is 0.351 e. The van der Waals surface area contributed by atoms with Crippen LogP contribution in [0.3, 0.4) is 0 Å². The lowest BCUT2D eigenvalue weighted by Gasteiger charge is -2.24. The molecule has 0 radical (unpaired) electrons. The molecule has 1 N–H and O–H groups in total. The Kier molecular flexibility index (Phi) is 4.93. The highest BCUT2D eigenvalue weighted by molar-refractivity contribution is 7.13. The minimum absolute atomic E-state index is 0.0897. The van der Waals surface area contributed by atoms with Crippen molar-refractivity contribution in [3.8, 4) is 11.5 Å². The Morgan fingerprint density at radius 3 is 2.81 bits per heavy atom. The highest BCUT2D eigenvalue weighted by atomic mass is 32.1. The van der Waals surface area contributed by atoms with Crippen molar-refractivity contribution in [1.29, 1.82) is 0 Å². The van der Waals surface area contributed by atoms with Crippen LogP contribution in [-0.4, -0.2) is 23.7 Å². The second-order valence-corrected chi connectivity index (χ2v) is 6.97.